The Morgan fingerprint density at radius 2 is 0.870 bits per heavy atom. The number of fused-ring (bicyclic) bond motifs is 6. The fraction of sp³-hybridized carbons (Fsp3) is 0.0938. The third kappa shape index (κ3) is 5.94. The Labute approximate surface area is 402 Å². The molecule has 5 nitrogen and oxygen atoms in total. The first-order chi connectivity index (χ1) is 33.6. The summed E-state index contributed by atoms with van der Waals surface area (Å²) in [5, 5.41) is 14.6. The van der Waals surface area contributed by atoms with Gasteiger partial charge in [0, 0.05) is 61.4 Å². The van der Waals surface area contributed by atoms with Crippen molar-refractivity contribution in [2.45, 2.75) is 38.5 Å². The highest BCUT2D eigenvalue weighted by molar-refractivity contribution is 6.26. The molecule has 5 heteroatoms. The molecule has 0 saturated heterocycles. The Kier molecular flexibility index (Phi) is 8.66. The molecule has 0 bridgehead atoms. The molecule has 0 radical (unpaired) electrons. The summed E-state index contributed by atoms with van der Waals surface area (Å²) in [7, 11) is 0. The van der Waals surface area contributed by atoms with Crippen LogP contribution in [0.2, 0.25) is 0 Å². The van der Waals surface area contributed by atoms with Crippen LogP contribution in [0.1, 0.15) is 55.5 Å². The van der Waals surface area contributed by atoms with Gasteiger partial charge in [-0.05, 0) is 152 Å². The van der Waals surface area contributed by atoms with Gasteiger partial charge in [0.15, 0.2) is 5.69 Å². The molecule has 13 rings (SSSR count). The van der Waals surface area contributed by atoms with Crippen LogP contribution in [0.4, 0.5) is 39.8 Å². The number of para-hydroxylation sites is 1. The molecule has 0 fully saturated rings. The van der Waals surface area contributed by atoms with Crippen molar-refractivity contribution in [3.63, 3.8) is 0 Å². The third-order valence-electron chi connectivity index (χ3n) is 15.1. The van der Waals surface area contributed by atoms with E-state index >= 15 is 0 Å². The summed E-state index contributed by atoms with van der Waals surface area (Å²) >= 11 is 0. The first kappa shape index (κ1) is 40.4. The van der Waals surface area contributed by atoms with Crippen LogP contribution in [0.5, 0.6) is 0 Å². The van der Waals surface area contributed by atoms with Crippen molar-refractivity contribution in [1.29, 1.82) is 5.26 Å². The number of benzene rings is 10. The molecule has 0 spiro atoms. The normalized spacial score (nSPS) is 13.7. The maximum absolute atomic E-state index is 9.86. The maximum atomic E-state index is 9.86. The Bertz CT molecular complexity index is 3730. The van der Waals surface area contributed by atoms with Gasteiger partial charge < -0.3 is 14.4 Å². The van der Waals surface area contributed by atoms with E-state index in [0.29, 0.717) is 11.3 Å². The minimum Gasteiger partial charge on any atom is -0.310 e. The minimum absolute atomic E-state index is 0.180. The Hall–Kier alpha value is -8.90. The highest BCUT2D eigenvalue weighted by atomic mass is 15.2. The zero-order valence-electron chi connectivity index (χ0n) is 38.8. The van der Waals surface area contributed by atoms with Gasteiger partial charge in [0.25, 0.3) is 0 Å². The van der Waals surface area contributed by atoms with Crippen LogP contribution in [0, 0.1) is 17.9 Å². The molecule has 0 N–H and O–H groups in total. The number of hydrogen-bond donors (Lipinski definition) is 0. The standard InChI is InChI=1S/C64H45N5/c1-63(2)55-17-11-9-15-51(55)53-31-29-47(35-57(53)63)67(45-25-19-40(39-65)20-26-45)49-33-41-21-22-42-34-50(38-60-62(42)61(41)59(37-49)69(60)44-13-7-6-8-14-44)68(46-27-23-43(66-5)24-28-46)48-30-32-54-52-16-10-12-18-56(52)64(3,4)58(54)36-48/h6-38H,1-4H3. The van der Waals surface area contributed by atoms with Crippen LogP contribution < -0.4 is 9.80 Å². The van der Waals surface area contributed by atoms with Gasteiger partial charge >= 0.3 is 0 Å². The molecule has 326 valence electrons. The third-order valence-corrected chi connectivity index (χ3v) is 15.1. The Morgan fingerprint density at radius 1 is 0.435 bits per heavy atom. The molecular weight excluding hydrogens is 839 g/mol. The van der Waals surface area contributed by atoms with Crippen molar-refractivity contribution < 1.29 is 0 Å². The van der Waals surface area contributed by atoms with E-state index in [2.05, 4.69) is 229 Å². The molecular formula is C64H45N5. The molecule has 0 aliphatic heterocycles. The second-order valence-electron chi connectivity index (χ2n) is 19.6. The van der Waals surface area contributed by atoms with Crippen LogP contribution >= 0.6 is 0 Å². The first-order valence-corrected chi connectivity index (χ1v) is 23.6. The predicted molar refractivity (Wildman–Crippen MR) is 285 cm³/mol. The fourth-order valence-corrected chi connectivity index (χ4v) is 11.8. The molecule has 1 aromatic heterocycles. The van der Waals surface area contributed by atoms with Gasteiger partial charge in [-0.1, -0.05) is 131 Å². The van der Waals surface area contributed by atoms with Gasteiger partial charge in [-0.25, -0.2) is 4.85 Å². The molecule has 0 atom stereocenters. The van der Waals surface area contributed by atoms with Crippen molar-refractivity contribution in [1.82, 2.24) is 4.57 Å². The number of nitrogens with zero attached hydrogens (tertiary/aromatic N) is 5. The fourth-order valence-electron chi connectivity index (χ4n) is 11.8. The zero-order chi connectivity index (χ0) is 46.8. The van der Waals surface area contributed by atoms with Gasteiger partial charge in [0.05, 0.1) is 29.2 Å². The van der Waals surface area contributed by atoms with Crippen molar-refractivity contribution in [3.8, 4) is 34.0 Å². The lowest BCUT2D eigenvalue weighted by atomic mass is 9.82. The van der Waals surface area contributed by atoms with E-state index in [1.165, 1.54) is 55.3 Å². The van der Waals surface area contributed by atoms with Crippen LogP contribution in [0.15, 0.2) is 200 Å². The van der Waals surface area contributed by atoms with Crippen LogP contribution in [-0.2, 0) is 10.8 Å². The SMILES string of the molecule is [C-]#[N+]c1ccc(N(c2ccc3c(c2)C(C)(C)c2ccccc2-3)c2cc3ccc4cc(N(c5ccc(C#N)cc5)c5ccc6c(c5)C(C)(C)c5ccccc5-6)cc5c4c3c(c2)n5-c2ccccc2)cc1. The summed E-state index contributed by atoms with van der Waals surface area (Å²) in [4.78, 5) is 8.45. The lowest BCUT2D eigenvalue weighted by Gasteiger charge is -2.28. The summed E-state index contributed by atoms with van der Waals surface area (Å²) in [6, 6.07) is 74.2. The number of hydrogen-bond acceptors (Lipinski definition) is 3. The summed E-state index contributed by atoms with van der Waals surface area (Å²) in [5.74, 6) is 0. The summed E-state index contributed by atoms with van der Waals surface area (Å²) in [5.41, 5.74) is 20.6. The van der Waals surface area contributed by atoms with Crippen molar-refractivity contribution >= 4 is 72.4 Å². The monoisotopic (exact) mass is 883 g/mol. The molecule has 0 unspecified atom stereocenters. The first-order valence-electron chi connectivity index (χ1n) is 23.6. The molecule has 0 saturated carbocycles. The molecule has 11 aromatic rings. The van der Waals surface area contributed by atoms with E-state index in [-0.39, 0.29) is 10.8 Å². The van der Waals surface area contributed by atoms with E-state index in [4.69, 9.17) is 6.57 Å². The highest BCUT2D eigenvalue weighted by Crippen LogP contribution is 2.54. The van der Waals surface area contributed by atoms with Crippen LogP contribution in [0.25, 0.3) is 65.4 Å². The Morgan fingerprint density at radius 3 is 1.35 bits per heavy atom. The van der Waals surface area contributed by atoms with Gasteiger partial charge in [-0.15, -0.1) is 0 Å². The molecule has 10 aromatic carbocycles. The van der Waals surface area contributed by atoms with Gasteiger partial charge in [0.1, 0.15) is 0 Å². The highest BCUT2D eigenvalue weighted by Gasteiger charge is 2.37. The molecule has 1 heterocycles. The van der Waals surface area contributed by atoms with E-state index in [9.17, 15) is 5.26 Å². The second kappa shape index (κ2) is 14.8. The number of nitriles is 1. The van der Waals surface area contributed by atoms with Crippen LogP contribution in [0.3, 0.4) is 0 Å². The largest absolute Gasteiger partial charge is 0.310 e. The smallest absolute Gasteiger partial charge is 0.187 e. The van der Waals surface area contributed by atoms with E-state index in [1.54, 1.807) is 0 Å². The summed E-state index contributed by atoms with van der Waals surface area (Å²) < 4.78 is 2.43. The Balaban J connectivity index is 1.05. The molecule has 0 amide bonds. The zero-order valence-corrected chi connectivity index (χ0v) is 38.8. The van der Waals surface area contributed by atoms with Gasteiger partial charge in [-0.2, -0.15) is 5.26 Å². The van der Waals surface area contributed by atoms with Crippen molar-refractivity contribution in [3.05, 3.63) is 239 Å². The quantitative estimate of drug-likeness (QED) is 0.118. The minimum atomic E-state index is -0.182. The summed E-state index contributed by atoms with van der Waals surface area (Å²) in [6.45, 7) is 17.1. The molecule has 2 aliphatic rings. The maximum Gasteiger partial charge on any atom is 0.187 e. The van der Waals surface area contributed by atoms with Crippen molar-refractivity contribution in [2.75, 3.05) is 9.80 Å². The topological polar surface area (TPSA) is 39.6 Å². The average molecular weight is 884 g/mol. The van der Waals surface area contributed by atoms with E-state index < -0.39 is 0 Å². The van der Waals surface area contributed by atoms with Gasteiger partial charge in [-0.3, -0.25) is 0 Å². The number of anilines is 6. The molecule has 2 aliphatic carbocycles. The lowest BCUT2D eigenvalue weighted by molar-refractivity contribution is 0.660. The lowest BCUT2D eigenvalue weighted by Crippen LogP contribution is -2.16. The second-order valence-corrected chi connectivity index (χ2v) is 19.6. The number of aromatic nitrogens is 1. The number of rotatable bonds is 7. The van der Waals surface area contributed by atoms with Gasteiger partial charge in [0.2, 0.25) is 0 Å². The van der Waals surface area contributed by atoms with Crippen LogP contribution in [-0.4, -0.2) is 4.57 Å². The summed E-state index contributed by atoms with van der Waals surface area (Å²) in [6.07, 6.45) is 0. The van der Waals surface area contributed by atoms with Crippen molar-refractivity contribution in [2.24, 2.45) is 0 Å². The predicted octanol–water partition coefficient (Wildman–Crippen LogP) is 17.3. The molecule has 69 heavy (non-hydrogen) atoms. The van der Waals surface area contributed by atoms with E-state index in [1.807, 2.05) is 24.3 Å². The average Bonchev–Trinajstić information content (AvgIpc) is 3.93. The van der Waals surface area contributed by atoms with E-state index in [0.717, 1.165) is 61.6 Å².